The first-order valence-corrected chi connectivity index (χ1v) is 7.86. The maximum atomic E-state index is 14.0. The Labute approximate surface area is 127 Å². The van der Waals surface area contributed by atoms with Crippen molar-refractivity contribution in [2.24, 2.45) is 11.7 Å². The van der Waals surface area contributed by atoms with Crippen LogP contribution in [0.4, 0.5) is 4.39 Å². The normalized spacial score (nSPS) is 24.8. The number of hydrogen-bond acceptors (Lipinski definition) is 3. The molecule has 3 atom stereocenters. The van der Waals surface area contributed by atoms with Crippen molar-refractivity contribution in [1.29, 1.82) is 0 Å². The minimum atomic E-state index is -0.328. The Balaban J connectivity index is 2.00. The van der Waals surface area contributed by atoms with Crippen LogP contribution in [0.2, 0.25) is 0 Å². The van der Waals surface area contributed by atoms with Crippen LogP contribution in [0, 0.1) is 11.7 Å². The third kappa shape index (κ3) is 3.74. The Morgan fingerprint density at radius 1 is 1.43 bits per heavy atom. The Hall–Kier alpha value is -1.13. The first-order valence-electron chi connectivity index (χ1n) is 7.86. The van der Waals surface area contributed by atoms with Gasteiger partial charge in [0.05, 0.1) is 7.11 Å². The zero-order valence-corrected chi connectivity index (χ0v) is 13.3. The number of benzene rings is 1. The fourth-order valence-corrected chi connectivity index (χ4v) is 3.24. The highest BCUT2D eigenvalue weighted by atomic mass is 19.1. The summed E-state index contributed by atoms with van der Waals surface area (Å²) in [5.74, 6) is 0.988. The molecule has 0 radical (unpaired) electrons. The lowest BCUT2D eigenvalue weighted by molar-refractivity contribution is 0.110. The molecule has 21 heavy (non-hydrogen) atoms. The summed E-state index contributed by atoms with van der Waals surface area (Å²) in [6, 6.07) is 5.12. The second-order valence-corrected chi connectivity index (χ2v) is 6.15. The largest absolute Gasteiger partial charge is 0.496 e. The molecular weight excluding hydrogens is 267 g/mol. The van der Waals surface area contributed by atoms with E-state index in [0.29, 0.717) is 17.4 Å². The fourth-order valence-electron chi connectivity index (χ4n) is 3.24. The third-order valence-corrected chi connectivity index (χ3v) is 4.84. The summed E-state index contributed by atoms with van der Waals surface area (Å²) < 4.78 is 19.3. The van der Waals surface area contributed by atoms with E-state index in [0.717, 1.165) is 25.4 Å². The van der Waals surface area contributed by atoms with Crippen LogP contribution in [0.1, 0.15) is 44.7 Å². The molecule has 1 aromatic carbocycles. The number of methoxy groups -OCH3 is 1. The van der Waals surface area contributed by atoms with E-state index in [1.807, 2.05) is 0 Å². The molecule has 1 fully saturated rings. The zero-order valence-electron chi connectivity index (χ0n) is 13.3. The van der Waals surface area contributed by atoms with Crippen LogP contribution in [-0.4, -0.2) is 31.1 Å². The lowest BCUT2D eigenvalue weighted by Crippen LogP contribution is -2.43. The van der Waals surface area contributed by atoms with Crippen molar-refractivity contribution >= 4 is 0 Å². The van der Waals surface area contributed by atoms with Gasteiger partial charge in [0.25, 0.3) is 0 Å². The molecule has 2 rings (SSSR count). The molecular formula is C17H27FN2O. The van der Waals surface area contributed by atoms with Crippen LogP contribution < -0.4 is 10.5 Å². The molecule has 1 aliphatic heterocycles. The number of ether oxygens (including phenoxy) is 1. The summed E-state index contributed by atoms with van der Waals surface area (Å²) in [5.41, 5.74) is 6.72. The van der Waals surface area contributed by atoms with Crippen molar-refractivity contribution in [3.05, 3.63) is 29.6 Å². The van der Waals surface area contributed by atoms with E-state index in [2.05, 4.69) is 18.7 Å². The molecule has 1 heterocycles. The number of halogens is 1. The van der Waals surface area contributed by atoms with Gasteiger partial charge in [-0.3, -0.25) is 0 Å². The first kappa shape index (κ1) is 16.2. The van der Waals surface area contributed by atoms with Crippen LogP contribution in [0.3, 0.4) is 0 Å². The van der Waals surface area contributed by atoms with E-state index in [9.17, 15) is 4.39 Å². The Kier molecular flexibility index (Phi) is 5.59. The van der Waals surface area contributed by atoms with E-state index in [1.54, 1.807) is 19.2 Å². The molecule has 3 unspecified atom stereocenters. The zero-order chi connectivity index (χ0) is 15.4. The minimum Gasteiger partial charge on any atom is -0.496 e. The average Bonchev–Trinajstić information content (AvgIpc) is 2.48. The van der Waals surface area contributed by atoms with E-state index in [1.165, 1.54) is 18.9 Å². The maximum absolute atomic E-state index is 14.0. The van der Waals surface area contributed by atoms with Crippen LogP contribution in [0.25, 0.3) is 0 Å². The molecule has 3 nitrogen and oxygen atoms in total. The summed E-state index contributed by atoms with van der Waals surface area (Å²) >= 11 is 0. The Morgan fingerprint density at radius 2 is 2.19 bits per heavy atom. The molecule has 0 amide bonds. The second-order valence-electron chi connectivity index (χ2n) is 6.15. The second kappa shape index (κ2) is 7.23. The molecule has 118 valence electrons. The SMILES string of the molecule is COc1cccc(F)c1C(N)CCN1CCCC(C)C1C. The van der Waals surface area contributed by atoms with Gasteiger partial charge in [-0.2, -0.15) is 0 Å². The van der Waals surface area contributed by atoms with Crippen LogP contribution in [-0.2, 0) is 0 Å². The molecule has 0 aromatic heterocycles. The summed E-state index contributed by atoms with van der Waals surface area (Å²) in [6.07, 6.45) is 3.28. The van der Waals surface area contributed by atoms with E-state index >= 15 is 0 Å². The van der Waals surface area contributed by atoms with Gasteiger partial charge in [0, 0.05) is 24.2 Å². The monoisotopic (exact) mass is 294 g/mol. The predicted octanol–water partition coefficient (Wildman–Crippen LogP) is 3.34. The van der Waals surface area contributed by atoms with Crippen molar-refractivity contribution in [2.45, 2.75) is 45.2 Å². The number of hydrogen-bond donors (Lipinski definition) is 1. The van der Waals surface area contributed by atoms with Crippen LogP contribution >= 0.6 is 0 Å². The van der Waals surface area contributed by atoms with Crippen LogP contribution in [0.15, 0.2) is 18.2 Å². The van der Waals surface area contributed by atoms with Crippen molar-refractivity contribution in [1.82, 2.24) is 4.90 Å². The Morgan fingerprint density at radius 3 is 2.90 bits per heavy atom. The van der Waals surface area contributed by atoms with Crippen LogP contribution in [0.5, 0.6) is 5.75 Å². The lowest BCUT2D eigenvalue weighted by Gasteiger charge is -2.38. The molecule has 4 heteroatoms. The quantitative estimate of drug-likeness (QED) is 0.905. The van der Waals surface area contributed by atoms with Crippen molar-refractivity contribution < 1.29 is 9.13 Å². The van der Waals surface area contributed by atoms with Gasteiger partial charge in [0.15, 0.2) is 0 Å². The van der Waals surface area contributed by atoms with Crippen molar-refractivity contribution in [3.8, 4) is 5.75 Å². The lowest BCUT2D eigenvalue weighted by atomic mass is 9.91. The van der Waals surface area contributed by atoms with Crippen molar-refractivity contribution in [3.63, 3.8) is 0 Å². The first-order chi connectivity index (χ1) is 10.0. The van der Waals surface area contributed by atoms with Gasteiger partial charge in [0.1, 0.15) is 11.6 Å². The predicted molar refractivity (Wildman–Crippen MR) is 83.9 cm³/mol. The number of rotatable bonds is 5. The number of nitrogens with two attached hydrogens (primary N) is 1. The standard InChI is InChI=1S/C17H27FN2O/c1-12-6-5-10-20(13(12)2)11-9-15(19)17-14(18)7-4-8-16(17)21-3/h4,7-8,12-13,15H,5-6,9-11,19H2,1-3H3. The molecule has 0 aliphatic carbocycles. The van der Waals surface area contributed by atoms with E-state index in [4.69, 9.17) is 10.5 Å². The van der Waals surface area contributed by atoms with Gasteiger partial charge in [0.2, 0.25) is 0 Å². The minimum absolute atomic E-state index is 0.276. The number of nitrogens with zero attached hydrogens (tertiary/aromatic N) is 1. The highest BCUT2D eigenvalue weighted by molar-refractivity contribution is 5.37. The summed E-state index contributed by atoms with van der Waals surface area (Å²) in [4.78, 5) is 2.47. The van der Waals surface area contributed by atoms with Gasteiger partial charge in [-0.15, -0.1) is 0 Å². The van der Waals surface area contributed by atoms with Crippen molar-refractivity contribution in [2.75, 3.05) is 20.2 Å². The summed E-state index contributed by atoms with van der Waals surface area (Å²) in [6.45, 7) is 6.60. The van der Waals surface area contributed by atoms with Gasteiger partial charge in [-0.05, 0) is 50.8 Å². The van der Waals surface area contributed by atoms with E-state index < -0.39 is 0 Å². The van der Waals surface area contributed by atoms with E-state index in [-0.39, 0.29) is 11.9 Å². The average molecular weight is 294 g/mol. The Bertz CT molecular complexity index is 466. The highest BCUT2D eigenvalue weighted by Gasteiger charge is 2.25. The molecule has 0 bridgehead atoms. The third-order valence-electron chi connectivity index (χ3n) is 4.84. The number of likely N-dealkylation sites (tertiary alicyclic amines) is 1. The fraction of sp³-hybridized carbons (Fsp3) is 0.647. The summed E-state index contributed by atoms with van der Waals surface area (Å²) in [7, 11) is 1.55. The number of piperidine rings is 1. The maximum Gasteiger partial charge on any atom is 0.131 e. The molecule has 0 saturated carbocycles. The van der Waals surface area contributed by atoms with Gasteiger partial charge in [-0.1, -0.05) is 13.0 Å². The van der Waals surface area contributed by atoms with Gasteiger partial charge < -0.3 is 15.4 Å². The van der Waals surface area contributed by atoms with Gasteiger partial charge >= 0.3 is 0 Å². The topological polar surface area (TPSA) is 38.5 Å². The highest BCUT2D eigenvalue weighted by Crippen LogP contribution is 2.29. The smallest absolute Gasteiger partial charge is 0.131 e. The molecule has 1 aliphatic rings. The molecule has 2 N–H and O–H groups in total. The molecule has 1 saturated heterocycles. The molecule has 0 spiro atoms. The summed E-state index contributed by atoms with van der Waals surface area (Å²) in [5, 5.41) is 0. The molecule has 1 aromatic rings. The van der Waals surface area contributed by atoms with Gasteiger partial charge in [-0.25, -0.2) is 4.39 Å².